The van der Waals surface area contributed by atoms with Crippen LogP contribution in [0.4, 0.5) is 11.4 Å². The Balaban J connectivity index is 2.03. The van der Waals surface area contributed by atoms with E-state index in [1.54, 1.807) is 12.1 Å². The molecule has 0 spiro atoms. The van der Waals surface area contributed by atoms with Gasteiger partial charge in [0.05, 0.1) is 17.9 Å². The molecule has 0 fully saturated rings. The number of carbonyl (C=O) groups is 2. The van der Waals surface area contributed by atoms with E-state index in [0.29, 0.717) is 36.1 Å². The van der Waals surface area contributed by atoms with Crippen molar-refractivity contribution in [2.24, 2.45) is 0 Å². The lowest BCUT2D eigenvalue weighted by atomic mass is 10.1. The molecule has 0 saturated carbocycles. The van der Waals surface area contributed by atoms with Crippen LogP contribution >= 0.6 is 0 Å². The lowest BCUT2D eigenvalue weighted by molar-refractivity contribution is -0.136. The number of fused-ring (bicyclic) bond motifs is 2. The van der Waals surface area contributed by atoms with E-state index in [1.807, 2.05) is 0 Å². The van der Waals surface area contributed by atoms with Gasteiger partial charge in [0.1, 0.15) is 19.8 Å². The normalized spacial score (nSPS) is 16.6. The molecule has 19 heavy (non-hydrogen) atoms. The first kappa shape index (κ1) is 11.6. The van der Waals surface area contributed by atoms with Crippen molar-refractivity contribution in [3.63, 3.8) is 0 Å². The first-order valence-corrected chi connectivity index (χ1v) is 5.85. The summed E-state index contributed by atoms with van der Waals surface area (Å²) in [4.78, 5) is 23.9. The summed E-state index contributed by atoms with van der Waals surface area (Å²) in [5.74, 6) is -0.221. The molecule has 3 rings (SSSR count). The van der Waals surface area contributed by atoms with Gasteiger partial charge >= 0.3 is 5.97 Å². The molecule has 100 valence electrons. The number of nitrogens with zero attached hydrogens (tertiary/aromatic N) is 1. The highest BCUT2D eigenvalue weighted by Crippen LogP contribution is 2.41. The summed E-state index contributed by atoms with van der Waals surface area (Å²) in [6, 6.07) is 3.36. The molecule has 0 radical (unpaired) electrons. The number of nitrogens with one attached hydrogen (secondary N) is 1. The molecule has 2 aliphatic heterocycles. The van der Waals surface area contributed by atoms with Gasteiger partial charge in [-0.05, 0) is 0 Å². The fourth-order valence-corrected chi connectivity index (χ4v) is 2.15. The van der Waals surface area contributed by atoms with Gasteiger partial charge in [0.2, 0.25) is 5.91 Å². The van der Waals surface area contributed by atoms with E-state index in [0.717, 1.165) is 0 Å². The first-order valence-electron chi connectivity index (χ1n) is 5.85. The highest BCUT2D eigenvalue weighted by molar-refractivity contribution is 6.05. The number of carbonyl (C=O) groups excluding carboxylic acids is 1. The molecule has 2 aliphatic rings. The van der Waals surface area contributed by atoms with E-state index in [-0.39, 0.29) is 19.0 Å². The Morgan fingerprint density at radius 3 is 2.68 bits per heavy atom. The summed E-state index contributed by atoms with van der Waals surface area (Å²) in [5.41, 5.74) is 1.17. The zero-order chi connectivity index (χ0) is 13.4. The lowest BCUT2D eigenvalue weighted by Gasteiger charge is -2.31. The lowest BCUT2D eigenvalue weighted by Crippen LogP contribution is -2.42. The van der Waals surface area contributed by atoms with E-state index < -0.39 is 5.97 Å². The van der Waals surface area contributed by atoms with Crippen LogP contribution in [0, 0.1) is 0 Å². The fraction of sp³-hybridized carbons (Fsp3) is 0.333. The number of hydrogen-bond acceptors (Lipinski definition) is 5. The number of aliphatic carboxylic acids is 1. The molecule has 0 atom stereocenters. The Morgan fingerprint density at radius 2 is 2.00 bits per heavy atom. The number of ether oxygens (including phenoxy) is 2. The number of carboxylic acid groups (broad SMARTS) is 1. The van der Waals surface area contributed by atoms with Gasteiger partial charge in [-0.1, -0.05) is 0 Å². The molecule has 2 heterocycles. The van der Waals surface area contributed by atoms with E-state index >= 15 is 0 Å². The summed E-state index contributed by atoms with van der Waals surface area (Å²) in [5, 5.41) is 11.8. The second-order valence-corrected chi connectivity index (χ2v) is 4.24. The molecule has 0 aliphatic carbocycles. The molecular weight excluding hydrogens is 252 g/mol. The largest absolute Gasteiger partial charge is 0.486 e. The highest BCUT2D eigenvalue weighted by Gasteiger charge is 2.28. The van der Waals surface area contributed by atoms with Crippen molar-refractivity contribution >= 4 is 23.3 Å². The van der Waals surface area contributed by atoms with Crippen molar-refractivity contribution in [1.29, 1.82) is 0 Å². The Hall–Kier alpha value is -2.44. The average molecular weight is 264 g/mol. The number of rotatable bonds is 2. The number of anilines is 2. The fourth-order valence-electron chi connectivity index (χ4n) is 2.15. The predicted octanol–water partition coefficient (Wildman–Crippen LogP) is 0.301. The third kappa shape index (κ3) is 2.03. The SMILES string of the molecule is O=C(O)CN1C(=O)CNc2cc3c(cc21)OCCO3. The van der Waals surface area contributed by atoms with E-state index in [1.165, 1.54) is 4.90 Å². The maximum absolute atomic E-state index is 11.8. The van der Waals surface area contributed by atoms with Gasteiger partial charge in [0.25, 0.3) is 0 Å². The second kappa shape index (κ2) is 4.34. The summed E-state index contributed by atoms with van der Waals surface area (Å²) < 4.78 is 10.9. The Kier molecular flexibility index (Phi) is 2.66. The van der Waals surface area contributed by atoms with Crippen LogP contribution in [0.3, 0.4) is 0 Å². The standard InChI is InChI=1S/C12H12N2O5/c15-11-5-13-7-3-9-10(19-2-1-18-9)4-8(7)14(11)6-12(16)17/h3-4,13H,1-2,5-6H2,(H,16,17). The van der Waals surface area contributed by atoms with Crippen molar-refractivity contribution in [3.05, 3.63) is 12.1 Å². The topological polar surface area (TPSA) is 88.1 Å². The minimum Gasteiger partial charge on any atom is -0.486 e. The maximum Gasteiger partial charge on any atom is 0.323 e. The van der Waals surface area contributed by atoms with Gasteiger partial charge in [0.15, 0.2) is 11.5 Å². The highest BCUT2D eigenvalue weighted by atomic mass is 16.6. The quantitative estimate of drug-likeness (QED) is 0.798. The number of benzene rings is 1. The molecule has 0 unspecified atom stereocenters. The summed E-state index contributed by atoms with van der Waals surface area (Å²) in [6.07, 6.45) is 0. The van der Waals surface area contributed by atoms with Gasteiger partial charge in [-0.25, -0.2) is 0 Å². The molecule has 7 heteroatoms. The molecule has 1 aromatic rings. The molecule has 2 N–H and O–H groups in total. The Labute approximate surface area is 108 Å². The van der Waals surface area contributed by atoms with E-state index in [4.69, 9.17) is 14.6 Å². The monoisotopic (exact) mass is 264 g/mol. The van der Waals surface area contributed by atoms with Crippen LogP contribution in [0.2, 0.25) is 0 Å². The van der Waals surface area contributed by atoms with Gasteiger partial charge in [-0.15, -0.1) is 0 Å². The zero-order valence-corrected chi connectivity index (χ0v) is 10.0. The summed E-state index contributed by atoms with van der Waals surface area (Å²) >= 11 is 0. The van der Waals surface area contributed by atoms with Crippen LogP contribution < -0.4 is 19.7 Å². The van der Waals surface area contributed by atoms with Crippen LogP contribution in [-0.2, 0) is 9.59 Å². The van der Waals surface area contributed by atoms with Crippen LogP contribution in [0.1, 0.15) is 0 Å². The molecule has 0 bridgehead atoms. The predicted molar refractivity (Wildman–Crippen MR) is 65.9 cm³/mol. The van der Waals surface area contributed by atoms with Gasteiger partial charge in [0, 0.05) is 12.1 Å². The van der Waals surface area contributed by atoms with E-state index in [9.17, 15) is 9.59 Å². The molecule has 1 amide bonds. The van der Waals surface area contributed by atoms with Crippen LogP contribution in [0.25, 0.3) is 0 Å². The minimum absolute atomic E-state index is 0.0694. The smallest absolute Gasteiger partial charge is 0.323 e. The van der Waals surface area contributed by atoms with Crippen molar-refractivity contribution < 1.29 is 24.2 Å². The van der Waals surface area contributed by atoms with Crippen LogP contribution in [0.15, 0.2) is 12.1 Å². The van der Waals surface area contributed by atoms with Crippen LogP contribution in [0.5, 0.6) is 11.5 Å². The third-order valence-corrected chi connectivity index (χ3v) is 2.98. The van der Waals surface area contributed by atoms with Gasteiger partial charge in [-0.2, -0.15) is 0 Å². The summed E-state index contributed by atoms with van der Waals surface area (Å²) in [7, 11) is 0. The van der Waals surface area contributed by atoms with Crippen molar-refractivity contribution in [1.82, 2.24) is 0 Å². The average Bonchev–Trinajstić information content (AvgIpc) is 2.40. The number of carboxylic acids is 1. The Morgan fingerprint density at radius 1 is 1.32 bits per heavy atom. The summed E-state index contributed by atoms with van der Waals surface area (Å²) in [6.45, 7) is 0.614. The van der Waals surface area contributed by atoms with Crippen molar-refractivity contribution in [2.75, 3.05) is 36.5 Å². The number of hydrogen-bond donors (Lipinski definition) is 2. The third-order valence-electron chi connectivity index (χ3n) is 2.98. The zero-order valence-electron chi connectivity index (χ0n) is 10.0. The van der Waals surface area contributed by atoms with Crippen molar-refractivity contribution in [2.45, 2.75) is 0 Å². The molecular formula is C12H12N2O5. The van der Waals surface area contributed by atoms with Gasteiger partial charge < -0.3 is 19.9 Å². The molecule has 0 saturated heterocycles. The number of amides is 1. The Bertz CT molecular complexity index is 557. The molecule has 1 aromatic carbocycles. The van der Waals surface area contributed by atoms with Crippen LogP contribution in [-0.4, -0.2) is 43.3 Å². The first-order chi connectivity index (χ1) is 9.15. The minimum atomic E-state index is -1.06. The van der Waals surface area contributed by atoms with Crippen molar-refractivity contribution in [3.8, 4) is 11.5 Å². The van der Waals surface area contributed by atoms with E-state index in [2.05, 4.69) is 5.32 Å². The van der Waals surface area contributed by atoms with Gasteiger partial charge in [-0.3, -0.25) is 14.5 Å². The molecule has 7 nitrogen and oxygen atoms in total. The molecule has 0 aromatic heterocycles. The maximum atomic E-state index is 11.8. The second-order valence-electron chi connectivity index (χ2n) is 4.24.